The molecule has 0 radical (unpaired) electrons. The van der Waals surface area contributed by atoms with E-state index in [1.807, 2.05) is 0 Å². The van der Waals surface area contributed by atoms with Gasteiger partial charge in [-0.15, -0.1) is 0 Å². The van der Waals surface area contributed by atoms with Gasteiger partial charge in [0.15, 0.2) is 0 Å². The summed E-state index contributed by atoms with van der Waals surface area (Å²) in [5.41, 5.74) is -0.457. The monoisotopic (exact) mass is 346 g/mol. The quantitative estimate of drug-likeness (QED) is 0.881. The lowest BCUT2D eigenvalue weighted by Gasteiger charge is -2.32. The highest BCUT2D eigenvalue weighted by Crippen LogP contribution is 2.31. The maximum Gasteiger partial charge on any atom is 0.416 e. The molecule has 2 atom stereocenters. The van der Waals surface area contributed by atoms with Crippen LogP contribution >= 0.6 is 0 Å². The van der Waals surface area contributed by atoms with Crippen molar-refractivity contribution in [3.63, 3.8) is 0 Å². The number of methoxy groups -OCH3 is 1. The zero-order chi connectivity index (χ0) is 17.7. The van der Waals surface area contributed by atoms with Crippen molar-refractivity contribution in [1.82, 2.24) is 10.2 Å². The summed E-state index contributed by atoms with van der Waals surface area (Å²) >= 11 is 0. The molecule has 0 aliphatic carbocycles. The van der Waals surface area contributed by atoms with Gasteiger partial charge in [-0.25, -0.2) is 4.79 Å². The average Bonchev–Trinajstić information content (AvgIpc) is 2.53. The minimum absolute atomic E-state index is 0.0451. The highest BCUT2D eigenvalue weighted by molar-refractivity contribution is 5.75. The highest BCUT2D eigenvalue weighted by Gasteiger charge is 2.31. The summed E-state index contributed by atoms with van der Waals surface area (Å²) in [6, 6.07) is 3.68. The first-order valence-electron chi connectivity index (χ1n) is 7.71. The van der Waals surface area contributed by atoms with E-state index in [-0.39, 0.29) is 13.2 Å². The highest BCUT2D eigenvalue weighted by atomic mass is 19.4. The molecule has 2 amide bonds. The first-order chi connectivity index (χ1) is 11.3. The molecule has 1 aromatic rings. The van der Waals surface area contributed by atoms with Gasteiger partial charge in [-0.2, -0.15) is 13.2 Å². The third-order valence-electron chi connectivity index (χ3n) is 3.93. The van der Waals surface area contributed by atoms with Crippen LogP contribution in [-0.4, -0.2) is 48.9 Å². The molecule has 0 saturated carbocycles. The summed E-state index contributed by atoms with van der Waals surface area (Å²) in [4.78, 5) is 13.8. The molecule has 1 aliphatic rings. The van der Waals surface area contributed by atoms with Crippen LogP contribution < -0.4 is 5.32 Å². The van der Waals surface area contributed by atoms with Gasteiger partial charge < -0.3 is 20.1 Å². The predicted molar refractivity (Wildman–Crippen MR) is 81.4 cm³/mol. The lowest BCUT2D eigenvalue weighted by Crippen LogP contribution is -2.48. The summed E-state index contributed by atoms with van der Waals surface area (Å²) in [5.74, 6) is 0. The molecule has 1 aliphatic heterocycles. The number of nitrogens with zero attached hydrogens (tertiary/aromatic N) is 1. The predicted octanol–water partition coefficient (Wildman–Crippen LogP) is 2.56. The Morgan fingerprint density at radius 2 is 2.25 bits per heavy atom. The van der Waals surface area contributed by atoms with Gasteiger partial charge in [0.1, 0.15) is 0 Å². The zero-order valence-corrected chi connectivity index (χ0v) is 13.3. The number of hydrogen-bond acceptors (Lipinski definition) is 3. The number of aliphatic hydroxyl groups is 1. The van der Waals surface area contributed by atoms with E-state index in [2.05, 4.69) is 5.32 Å². The second-order valence-corrected chi connectivity index (χ2v) is 5.82. The van der Waals surface area contributed by atoms with Gasteiger partial charge in [0.05, 0.1) is 24.3 Å². The summed E-state index contributed by atoms with van der Waals surface area (Å²) in [6.07, 6.45) is -3.69. The first kappa shape index (κ1) is 18.5. The summed E-state index contributed by atoms with van der Waals surface area (Å²) in [6.45, 7) is 0.767. The number of amides is 2. The molecule has 0 bridgehead atoms. The maximum atomic E-state index is 12.9. The van der Waals surface area contributed by atoms with E-state index in [4.69, 9.17) is 4.74 Å². The fourth-order valence-electron chi connectivity index (χ4n) is 2.70. The van der Waals surface area contributed by atoms with Crippen molar-refractivity contribution < 1.29 is 27.8 Å². The summed E-state index contributed by atoms with van der Waals surface area (Å²) in [7, 11) is 1.41. The molecule has 8 heteroatoms. The van der Waals surface area contributed by atoms with Crippen LogP contribution in [0, 0.1) is 0 Å². The normalized spacial score (nSPS) is 19.9. The Labute approximate surface area is 138 Å². The van der Waals surface area contributed by atoms with Gasteiger partial charge in [0, 0.05) is 20.2 Å². The number of urea groups is 1. The third kappa shape index (κ3) is 4.85. The van der Waals surface area contributed by atoms with Crippen LogP contribution in [-0.2, 0) is 10.9 Å². The van der Waals surface area contributed by atoms with Crippen LogP contribution in [0.5, 0.6) is 0 Å². The maximum absolute atomic E-state index is 12.9. The van der Waals surface area contributed by atoms with Gasteiger partial charge in [-0.05, 0) is 30.5 Å². The van der Waals surface area contributed by atoms with Crippen LogP contribution in [0.25, 0.3) is 0 Å². The number of ether oxygens (including phenoxy) is 1. The molecule has 5 nitrogen and oxygen atoms in total. The summed E-state index contributed by atoms with van der Waals surface area (Å²) in [5, 5.41) is 12.3. The fraction of sp³-hybridized carbons (Fsp3) is 0.562. The Morgan fingerprint density at radius 3 is 2.88 bits per heavy atom. The van der Waals surface area contributed by atoms with Crippen LogP contribution in [0.3, 0.4) is 0 Å². The Balaban J connectivity index is 2.13. The number of likely N-dealkylation sites (tertiary alicyclic amines) is 1. The van der Waals surface area contributed by atoms with Crippen molar-refractivity contribution in [3.05, 3.63) is 35.4 Å². The second-order valence-electron chi connectivity index (χ2n) is 5.82. The van der Waals surface area contributed by atoms with Gasteiger partial charge in [-0.3, -0.25) is 0 Å². The molecule has 2 unspecified atom stereocenters. The topological polar surface area (TPSA) is 61.8 Å². The number of carbonyl (C=O) groups is 1. The molecule has 2 rings (SSSR count). The first-order valence-corrected chi connectivity index (χ1v) is 7.71. The van der Waals surface area contributed by atoms with E-state index in [0.717, 1.165) is 12.1 Å². The minimum Gasteiger partial charge on any atom is -0.391 e. The molecule has 1 aromatic carbocycles. The van der Waals surface area contributed by atoms with Crippen molar-refractivity contribution in [1.29, 1.82) is 0 Å². The molecule has 0 aromatic heterocycles. The lowest BCUT2D eigenvalue weighted by molar-refractivity contribution is -0.137. The van der Waals surface area contributed by atoms with Crippen molar-refractivity contribution in [2.45, 2.75) is 31.2 Å². The van der Waals surface area contributed by atoms with Crippen molar-refractivity contribution >= 4 is 6.03 Å². The number of halogens is 3. The van der Waals surface area contributed by atoms with Gasteiger partial charge in [0.25, 0.3) is 0 Å². The minimum atomic E-state index is -4.45. The van der Waals surface area contributed by atoms with Crippen LogP contribution in [0.15, 0.2) is 24.3 Å². The second kappa shape index (κ2) is 7.85. The molecular formula is C16H21F3N2O3. The number of rotatable bonds is 4. The Bertz CT molecular complexity index is 566. The van der Waals surface area contributed by atoms with Crippen LogP contribution in [0.2, 0.25) is 0 Å². The van der Waals surface area contributed by atoms with Gasteiger partial charge >= 0.3 is 12.2 Å². The smallest absolute Gasteiger partial charge is 0.391 e. The molecule has 134 valence electrons. The van der Waals surface area contributed by atoms with Crippen molar-refractivity contribution in [2.75, 3.05) is 26.8 Å². The standard InChI is InChI=1S/C16H21F3N2O3/c1-24-10-14(11-4-2-5-12(8-11)16(17,18)19)20-15(23)21-7-3-6-13(22)9-21/h2,4-5,8,13-14,22H,3,6-7,9-10H2,1H3,(H,20,23). The molecule has 2 N–H and O–H groups in total. The van der Waals surface area contributed by atoms with E-state index in [1.165, 1.54) is 24.1 Å². The number of nitrogens with one attached hydrogen (secondary N) is 1. The number of alkyl halides is 3. The van der Waals surface area contributed by atoms with Crippen molar-refractivity contribution in [3.8, 4) is 0 Å². The fourth-order valence-corrected chi connectivity index (χ4v) is 2.70. The van der Waals surface area contributed by atoms with Gasteiger partial charge in [-0.1, -0.05) is 12.1 Å². The Hall–Kier alpha value is -1.80. The molecular weight excluding hydrogens is 325 g/mol. The molecule has 1 fully saturated rings. The number of aliphatic hydroxyl groups excluding tert-OH is 1. The van der Waals surface area contributed by atoms with E-state index < -0.39 is 29.9 Å². The number of carbonyl (C=O) groups excluding carboxylic acids is 1. The lowest BCUT2D eigenvalue weighted by atomic mass is 10.0. The molecule has 1 saturated heterocycles. The van der Waals surface area contributed by atoms with E-state index >= 15 is 0 Å². The van der Waals surface area contributed by atoms with E-state index in [9.17, 15) is 23.1 Å². The number of piperidine rings is 1. The number of hydrogen-bond donors (Lipinski definition) is 2. The van der Waals surface area contributed by atoms with Gasteiger partial charge in [0.2, 0.25) is 0 Å². The molecule has 0 spiro atoms. The number of benzene rings is 1. The Kier molecular flexibility index (Phi) is 6.06. The third-order valence-corrected chi connectivity index (χ3v) is 3.93. The van der Waals surface area contributed by atoms with Crippen molar-refractivity contribution in [2.24, 2.45) is 0 Å². The Morgan fingerprint density at radius 1 is 1.50 bits per heavy atom. The summed E-state index contributed by atoms with van der Waals surface area (Å²) < 4.78 is 43.6. The SMILES string of the molecule is COCC(NC(=O)N1CCCC(O)C1)c1cccc(C(F)(F)F)c1. The van der Waals surface area contributed by atoms with E-state index in [1.54, 1.807) is 0 Å². The molecule has 1 heterocycles. The molecule has 24 heavy (non-hydrogen) atoms. The zero-order valence-electron chi connectivity index (χ0n) is 13.3. The average molecular weight is 346 g/mol. The van der Waals surface area contributed by atoms with E-state index in [0.29, 0.717) is 24.9 Å². The number of β-amino-alcohol motifs (C(OH)–C–C–N with tert-alkyl or cyclic N) is 1. The van der Waals surface area contributed by atoms with Crippen LogP contribution in [0.4, 0.5) is 18.0 Å². The van der Waals surface area contributed by atoms with Crippen LogP contribution in [0.1, 0.15) is 30.0 Å². The largest absolute Gasteiger partial charge is 0.416 e.